The van der Waals surface area contributed by atoms with E-state index in [2.05, 4.69) is 16.3 Å². The van der Waals surface area contributed by atoms with Gasteiger partial charge in [0.2, 0.25) is 0 Å². The van der Waals surface area contributed by atoms with Crippen molar-refractivity contribution in [2.75, 3.05) is 40.4 Å². The summed E-state index contributed by atoms with van der Waals surface area (Å²) in [6.07, 6.45) is 0.177. The zero-order chi connectivity index (χ0) is 16.8. The molecular weight excluding hydrogens is 371 g/mol. The van der Waals surface area contributed by atoms with Crippen LogP contribution in [0, 0.1) is 21.4 Å². The van der Waals surface area contributed by atoms with Crippen LogP contribution >= 0.6 is 24.8 Å². The summed E-state index contributed by atoms with van der Waals surface area (Å²) in [6.45, 7) is 3.06. The van der Waals surface area contributed by atoms with Crippen LogP contribution in [0.2, 0.25) is 0 Å². The molecule has 0 bridgehead atoms. The molecule has 8 nitrogen and oxygen atoms in total. The minimum atomic E-state index is -0.441. The molecule has 1 atom stereocenters. The monoisotopic (exact) mass is 392 g/mol. The van der Waals surface area contributed by atoms with Crippen molar-refractivity contribution >= 4 is 30.5 Å². The van der Waals surface area contributed by atoms with Crippen molar-refractivity contribution in [1.82, 2.24) is 10.2 Å². The van der Waals surface area contributed by atoms with Gasteiger partial charge in [-0.2, -0.15) is 5.26 Å². The number of ether oxygens (including phenoxy) is 2. The SMILES string of the molecule is COc1cc([C@@H](CC#N)N2CCNCC2)c([N+](=O)[O-])cc1OC.Cl.Cl. The van der Waals surface area contributed by atoms with Crippen LogP contribution in [0.1, 0.15) is 18.0 Å². The fraction of sp³-hybridized carbons (Fsp3) is 0.533. The smallest absolute Gasteiger partial charge is 0.278 e. The minimum absolute atomic E-state index is 0. The average molecular weight is 393 g/mol. The van der Waals surface area contributed by atoms with Gasteiger partial charge in [0.25, 0.3) is 5.69 Å². The number of rotatable bonds is 6. The van der Waals surface area contributed by atoms with Crippen molar-refractivity contribution in [3.05, 3.63) is 27.8 Å². The lowest BCUT2D eigenvalue weighted by molar-refractivity contribution is -0.386. The molecule has 0 amide bonds. The summed E-state index contributed by atoms with van der Waals surface area (Å²) in [5.74, 6) is 0.727. The predicted octanol–water partition coefficient (Wildman–Crippen LogP) is 2.32. The van der Waals surface area contributed by atoms with E-state index in [1.807, 2.05) is 0 Å². The zero-order valence-corrected chi connectivity index (χ0v) is 15.7. The number of halogens is 2. The van der Waals surface area contributed by atoms with Gasteiger partial charge < -0.3 is 14.8 Å². The molecule has 1 N–H and O–H groups in total. The third-order valence-corrected chi connectivity index (χ3v) is 3.97. The Labute approximate surface area is 159 Å². The minimum Gasteiger partial charge on any atom is -0.493 e. The quantitative estimate of drug-likeness (QED) is 0.585. The highest BCUT2D eigenvalue weighted by molar-refractivity contribution is 5.85. The van der Waals surface area contributed by atoms with E-state index in [1.54, 1.807) is 6.07 Å². The Morgan fingerprint density at radius 2 is 1.84 bits per heavy atom. The molecule has 25 heavy (non-hydrogen) atoms. The first kappa shape index (κ1) is 23.2. The third kappa shape index (κ3) is 5.34. The van der Waals surface area contributed by atoms with Crippen molar-refractivity contribution in [1.29, 1.82) is 5.26 Å². The van der Waals surface area contributed by atoms with Gasteiger partial charge in [-0.15, -0.1) is 24.8 Å². The van der Waals surface area contributed by atoms with Gasteiger partial charge in [-0.05, 0) is 6.07 Å². The van der Waals surface area contributed by atoms with Gasteiger partial charge in [-0.25, -0.2) is 0 Å². The number of benzene rings is 1. The normalized spacial score (nSPS) is 15.1. The number of nitriles is 1. The molecular formula is C15H22Cl2N4O4. The second kappa shape index (κ2) is 10.9. The molecule has 0 spiro atoms. The summed E-state index contributed by atoms with van der Waals surface area (Å²) in [6, 6.07) is 4.77. The first-order chi connectivity index (χ1) is 11.1. The molecule has 0 aromatic heterocycles. The second-order valence-corrected chi connectivity index (χ2v) is 5.19. The fourth-order valence-electron chi connectivity index (χ4n) is 2.83. The van der Waals surface area contributed by atoms with Crippen LogP contribution in [0.5, 0.6) is 11.5 Å². The van der Waals surface area contributed by atoms with E-state index in [0.717, 1.165) is 26.2 Å². The molecule has 1 fully saturated rings. The van der Waals surface area contributed by atoms with E-state index in [1.165, 1.54) is 20.3 Å². The highest BCUT2D eigenvalue weighted by Gasteiger charge is 2.30. The van der Waals surface area contributed by atoms with Crippen LogP contribution in [0.25, 0.3) is 0 Å². The molecule has 1 aromatic rings. The fourth-order valence-corrected chi connectivity index (χ4v) is 2.83. The number of nitrogens with zero attached hydrogens (tertiary/aromatic N) is 3. The van der Waals surface area contributed by atoms with Gasteiger partial charge in [0.15, 0.2) is 11.5 Å². The summed E-state index contributed by atoms with van der Waals surface area (Å²) in [5.41, 5.74) is 0.428. The molecule has 1 saturated heterocycles. The van der Waals surface area contributed by atoms with Crippen molar-refractivity contribution in [2.24, 2.45) is 0 Å². The van der Waals surface area contributed by atoms with E-state index in [4.69, 9.17) is 14.7 Å². The highest BCUT2D eigenvalue weighted by Crippen LogP contribution is 2.40. The number of hydrogen-bond acceptors (Lipinski definition) is 7. The van der Waals surface area contributed by atoms with Gasteiger partial charge in [-0.3, -0.25) is 15.0 Å². The first-order valence-corrected chi connectivity index (χ1v) is 7.34. The summed E-state index contributed by atoms with van der Waals surface area (Å²) < 4.78 is 10.4. The van der Waals surface area contributed by atoms with Crippen LogP contribution in [0.15, 0.2) is 12.1 Å². The van der Waals surface area contributed by atoms with Gasteiger partial charge in [0.05, 0.1) is 49.3 Å². The number of methoxy groups -OCH3 is 2. The molecule has 0 saturated carbocycles. The van der Waals surface area contributed by atoms with Gasteiger partial charge in [0.1, 0.15) is 0 Å². The van der Waals surface area contributed by atoms with Crippen LogP contribution < -0.4 is 14.8 Å². The number of nitro groups is 1. The Kier molecular flexibility index (Phi) is 10.2. The van der Waals surface area contributed by atoms with Crippen molar-refractivity contribution in [2.45, 2.75) is 12.5 Å². The Hall–Kier alpha value is -1.79. The Balaban J connectivity index is 0.00000288. The number of piperazine rings is 1. The highest BCUT2D eigenvalue weighted by atomic mass is 35.5. The molecule has 1 aliphatic rings. The first-order valence-electron chi connectivity index (χ1n) is 7.34. The summed E-state index contributed by atoms with van der Waals surface area (Å²) in [4.78, 5) is 13.1. The topological polar surface area (TPSA) is 101 Å². The maximum Gasteiger partial charge on any atom is 0.278 e. The molecule has 1 aromatic carbocycles. The average Bonchev–Trinajstić information content (AvgIpc) is 2.59. The lowest BCUT2D eigenvalue weighted by Gasteiger charge is -2.34. The maximum absolute atomic E-state index is 11.5. The maximum atomic E-state index is 11.5. The summed E-state index contributed by atoms with van der Waals surface area (Å²) in [5, 5.41) is 23.9. The van der Waals surface area contributed by atoms with Crippen molar-refractivity contribution in [3.8, 4) is 17.6 Å². The molecule has 2 rings (SSSR count). The zero-order valence-electron chi connectivity index (χ0n) is 14.1. The molecule has 10 heteroatoms. The van der Waals surface area contributed by atoms with E-state index in [0.29, 0.717) is 17.1 Å². The standard InChI is InChI=1S/C15H20N4O4.2ClH/c1-22-14-9-11(13(19(20)21)10-15(14)23-2)12(3-4-16)18-7-5-17-6-8-18;;/h9-10,12,17H,3,5-8H2,1-2H3;2*1H/t12-;;/m1../s1. The van der Waals surface area contributed by atoms with Gasteiger partial charge >= 0.3 is 0 Å². The summed E-state index contributed by atoms with van der Waals surface area (Å²) >= 11 is 0. The third-order valence-electron chi connectivity index (χ3n) is 3.97. The van der Waals surface area contributed by atoms with Gasteiger partial charge in [-0.1, -0.05) is 0 Å². The largest absolute Gasteiger partial charge is 0.493 e. The lowest BCUT2D eigenvalue weighted by atomic mass is 9.99. The lowest BCUT2D eigenvalue weighted by Crippen LogP contribution is -2.45. The Bertz CT molecular complexity index is 618. The van der Waals surface area contributed by atoms with E-state index < -0.39 is 4.92 Å². The van der Waals surface area contributed by atoms with E-state index in [9.17, 15) is 10.1 Å². The van der Waals surface area contributed by atoms with Crippen LogP contribution in [0.4, 0.5) is 5.69 Å². The number of nitrogens with one attached hydrogen (secondary N) is 1. The molecule has 0 unspecified atom stereocenters. The molecule has 1 aliphatic heterocycles. The molecule has 1 heterocycles. The number of nitro benzene ring substituents is 1. The van der Waals surface area contributed by atoms with Crippen LogP contribution in [0.3, 0.4) is 0 Å². The molecule has 0 radical (unpaired) electrons. The molecule has 0 aliphatic carbocycles. The van der Waals surface area contributed by atoms with E-state index in [-0.39, 0.29) is 43.0 Å². The van der Waals surface area contributed by atoms with E-state index >= 15 is 0 Å². The van der Waals surface area contributed by atoms with Crippen LogP contribution in [-0.2, 0) is 0 Å². The van der Waals surface area contributed by atoms with Crippen molar-refractivity contribution in [3.63, 3.8) is 0 Å². The predicted molar refractivity (Wildman–Crippen MR) is 98.1 cm³/mol. The van der Waals surface area contributed by atoms with Crippen LogP contribution in [-0.4, -0.2) is 50.2 Å². The number of hydrogen-bond donors (Lipinski definition) is 1. The molecule has 140 valence electrons. The summed E-state index contributed by atoms with van der Waals surface area (Å²) in [7, 11) is 2.92. The van der Waals surface area contributed by atoms with Gasteiger partial charge in [0, 0.05) is 26.2 Å². The Morgan fingerprint density at radius 1 is 1.28 bits per heavy atom. The Morgan fingerprint density at radius 3 is 2.32 bits per heavy atom. The van der Waals surface area contributed by atoms with Crippen molar-refractivity contribution < 1.29 is 14.4 Å². The second-order valence-electron chi connectivity index (χ2n) is 5.19.